The van der Waals surface area contributed by atoms with Gasteiger partial charge >= 0.3 is 0 Å². The lowest BCUT2D eigenvalue weighted by molar-refractivity contribution is -0.0120. The zero-order valence-electron chi connectivity index (χ0n) is 12.0. The summed E-state index contributed by atoms with van der Waals surface area (Å²) >= 11 is 0. The Hall–Kier alpha value is -1.46. The molecule has 1 saturated heterocycles. The summed E-state index contributed by atoms with van der Waals surface area (Å²) in [7, 11) is -2.15. The minimum absolute atomic E-state index is 0.117. The summed E-state index contributed by atoms with van der Waals surface area (Å²) in [6, 6.07) is 6.54. The maximum Gasteiger partial charge on any atom is 0.240 e. The number of nitrogens with zero attached hydrogens (tertiary/aromatic N) is 1. The van der Waals surface area contributed by atoms with Gasteiger partial charge in [0.2, 0.25) is 10.0 Å². The highest BCUT2D eigenvalue weighted by Gasteiger charge is 2.36. The van der Waals surface area contributed by atoms with Gasteiger partial charge in [-0.1, -0.05) is 6.07 Å². The van der Waals surface area contributed by atoms with Gasteiger partial charge in [0.25, 0.3) is 0 Å². The van der Waals surface area contributed by atoms with E-state index in [9.17, 15) is 8.42 Å². The van der Waals surface area contributed by atoms with Crippen LogP contribution in [0.2, 0.25) is 0 Å². The highest BCUT2D eigenvalue weighted by atomic mass is 32.2. The molecule has 0 saturated carbocycles. The molecule has 1 heterocycles. The van der Waals surface area contributed by atoms with Gasteiger partial charge in [-0.2, -0.15) is 5.26 Å². The molecule has 1 atom stereocenters. The number of aryl methyl sites for hydroxylation is 1. The number of rotatable bonds is 5. The molecule has 0 bridgehead atoms. The first-order chi connectivity index (χ1) is 9.92. The summed E-state index contributed by atoms with van der Waals surface area (Å²) in [4.78, 5) is 0.117. The lowest BCUT2D eigenvalue weighted by Gasteiger charge is -2.26. The van der Waals surface area contributed by atoms with Crippen molar-refractivity contribution in [3.05, 3.63) is 29.3 Å². The fourth-order valence-corrected chi connectivity index (χ4v) is 3.61. The molecule has 1 aliphatic rings. The third kappa shape index (κ3) is 3.41. The number of nitriles is 1. The third-order valence-electron chi connectivity index (χ3n) is 3.69. The normalized spacial score (nSPS) is 22.1. The van der Waals surface area contributed by atoms with Crippen molar-refractivity contribution in [1.82, 2.24) is 4.72 Å². The maximum atomic E-state index is 12.4. The van der Waals surface area contributed by atoms with Crippen molar-refractivity contribution in [2.45, 2.75) is 23.8 Å². The zero-order valence-corrected chi connectivity index (χ0v) is 12.9. The van der Waals surface area contributed by atoms with Crippen LogP contribution in [-0.4, -0.2) is 40.9 Å². The van der Waals surface area contributed by atoms with Gasteiger partial charge < -0.3 is 9.47 Å². The standard InChI is InChI=1S/C14H18N2O4S/c1-11-3-4-12(8-15)7-13(11)21(17,18)16-9-14(19-2)5-6-20-10-14/h3-4,7,16H,5-6,9-10H2,1-2H3. The van der Waals surface area contributed by atoms with Crippen LogP contribution >= 0.6 is 0 Å². The van der Waals surface area contributed by atoms with Gasteiger partial charge in [-0.3, -0.25) is 0 Å². The minimum Gasteiger partial charge on any atom is -0.378 e. The molecule has 0 amide bonds. The van der Waals surface area contributed by atoms with E-state index in [0.717, 1.165) is 0 Å². The molecule has 21 heavy (non-hydrogen) atoms. The third-order valence-corrected chi connectivity index (χ3v) is 5.23. The van der Waals surface area contributed by atoms with Crippen LogP contribution in [0, 0.1) is 18.3 Å². The second-order valence-corrected chi connectivity index (χ2v) is 6.84. The Labute approximate surface area is 124 Å². The monoisotopic (exact) mass is 310 g/mol. The smallest absolute Gasteiger partial charge is 0.240 e. The van der Waals surface area contributed by atoms with E-state index in [2.05, 4.69) is 4.72 Å². The van der Waals surface area contributed by atoms with E-state index in [4.69, 9.17) is 14.7 Å². The number of ether oxygens (including phenoxy) is 2. The van der Waals surface area contributed by atoms with Gasteiger partial charge in [0.15, 0.2) is 0 Å². The fraction of sp³-hybridized carbons (Fsp3) is 0.500. The van der Waals surface area contributed by atoms with Gasteiger partial charge in [-0.25, -0.2) is 13.1 Å². The largest absolute Gasteiger partial charge is 0.378 e. The molecule has 1 N–H and O–H groups in total. The van der Waals surface area contributed by atoms with Gasteiger partial charge in [0, 0.05) is 26.7 Å². The van der Waals surface area contributed by atoms with Gasteiger partial charge in [-0.05, 0) is 24.6 Å². The first kappa shape index (κ1) is 15.9. The van der Waals surface area contributed by atoms with Gasteiger partial charge in [0.1, 0.15) is 5.60 Å². The molecule has 1 aromatic carbocycles. The SMILES string of the molecule is COC1(CNS(=O)(=O)c2cc(C#N)ccc2C)CCOC1. The molecule has 0 spiro atoms. The number of nitrogens with one attached hydrogen (secondary N) is 1. The molecule has 0 aliphatic carbocycles. The van der Waals surface area contributed by atoms with Crippen molar-refractivity contribution < 1.29 is 17.9 Å². The van der Waals surface area contributed by atoms with E-state index in [0.29, 0.717) is 30.8 Å². The van der Waals surface area contributed by atoms with Crippen molar-refractivity contribution >= 4 is 10.0 Å². The fourth-order valence-electron chi connectivity index (χ4n) is 2.22. The summed E-state index contributed by atoms with van der Waals surface area (Å²) in [6.45, 7) is 2.75. The van der Waals surface area contributed by atoms with E-state index in [1.807, 2.05) is 6.07 Å². The maximum absolute atomic E-state index is 12.4. The van der Waals surface area contributed by atoms with Crippen LogP contribution in [0.1, 0.15) is 17.5 Å². The topological polar surface area (TPSA) is 88.4 Å². The molecule has 2 rings (SSSR count). The van der Waals surface area contributed by atoms with Crippen LogP contribution in [0.5, 0.6) is 0 Å². The summed E-state index contributed by atoms with van der Waals surface area (Å²) in [5.74, 6) is 0. The van der Waals surface area contributed by atoms with Crippen molar-refractivity contribution in [1.29, 1.82) is 5.26 Å². The van der Waals surface area contributed by atoms with Crippen LogP contribution in [0.4, 0.5) is 0 Å². The van der Waals surface area contributed by atoms with Crippen LogP contribution in [0.25, 0.3) is 0 Å². The number of sulfonamides is 1. The summed E-state index contributed by atoms with van der Waals surface area (Å²) in [5.41, 5.74) is 0.288. The van der Waals surface area contributed by atoms with E-state index < -0.39 is 15.6 Å². The Morgan fingerprint density at radius 2 is 2.29 bits per heavy atom. The average Bonchev–Trinajstić information content (AvgIpc) is 2.95. The van der Waals surface area contributed by atoms with Crippen LogP contribution in [0.15, 0.2) is 23.1 Å². The molecule has 0 aromatic heterocycles. The molecular formula is C14H18N2O4S. The van der Waals surface area contributed by atoms with E-state index in [1.54, 1.807) is 26.2 Å². The Morgan fingerprint density at radius 1 is 1.52 bits per heavy atom. The van der Waals surface area contributed by atoms with Gasteiger partial charge in [0.05, 0.1) is 23.1 Å². The predicted molar refractivity (Wildman–Crippen MR) is 76.3 cm³/mol. The molecule has 1 aliphatic heterocycles. The lowest BCUT2D eigenvalue weighted by atomic mass is 10.0. The average molecular weight is 310 g/mol. The highest BCUT2D eigenvalue weighted by molar-refractivity contribution is 7.89. The van der Waals surface area contributed by atoms with Crippen molar-refractivity contribution in [3.63, 3.8) is 0 Å². The molecule has 6 nitrogen and oxygen atoms in total. The minimum atomic E-state index is -3.70. The quantitative estimate of drug-likeness (QED) is 0.875. The second-order valence-electron chi connectivity index (χ2n) is 5.11. The number of methoxy groups -OCH3 is 1. The first-order valence-corrected chi connectivity index (χ1v) is 8.04. The molecule has 1 aromatic rings. The molecule has 1 unspecified atom stereocenters. The molecule has 7 heteroatoms. The Morgan fingerprint density at radius 3 is 2.86 bits per heavy atom. The number of benzene rings is 1. The molecule has 1 fully saturated rings. The Bertz CT molecular complexity index is 658. The zero-order chi connectivity index (χ0) is 15.5. The van der Waals surface area contributed by atoms with E-state index >= 15 is 0 Å². The van der Waals surface area contributed by atoms with Crippen molar-refractivity contribution in [3.8, 4) is 6.07 Å². The molecule has 114 valence electrons. The van der Waals surface area contributed by atoms with E-state index in [-0.39, 0.29) is 11.4 Å². The highest BCUT2D eigenvalue weighted by Crippen LogP contribution is 2.23. The lowest BCUT2D eigenvalue weighted by Crippen LogP contribution is -2.45. The van der Waals surface area contributed by atoms with Crippen molar-refractivity contribution in [2.75, 3.05) is 26.9 Å². The van der Waals surface area contributed by atoms with Crippen LogP contribution < -0.4 is 4.72 Å². The van der Waals surface area contributed by atoms with Crippen LogP contribution in [-0.2, 0) is 19.5 Å². The summed E-state index contributed by atoms with van der Waals surface area (Å²) < 4.78 is 38.1. The van der Waals surface area contributed by atoms with Crippen molar-refractivity contribution in [2.24, 2.45) is 0 Å². The molecule has 0 radical (unpaired) electrons. The second kappa shape index (κ2) is 6.12. The number of hydrogen-bond donors (Lipinski definition) is 1. The first-order valence-electron chi connectivity index (χ1n) is 6.56. The predicted octanol–water partition coefficient (Wildman–Crippen LogP) is 0.950. The Kier molecular flexibility index (Phi) is 4.64. The van der Waals surface area contributed by atoms with E-state index in [1.165, 1.54) is 6.07 Å². The summed E-state index contributed by atoms with van der Waals surface area (Å²) in [5, 5.41) is 8.90. The summed E-state index contributed by atoms with van der Waals surface area (Å²) in [6.07, 6.45) is 0.642. The number of hydrogen-bond acceptors (Lipinski definition) is 5. The van der Waals surface area contributed by atoms with Crippen LogP contribution in [0.3, 0.4) is 0 Å². The Balaban J connectivity index is 2.21. The molecular weight excluding hydrogens is 292 g/mol. The van der Waals surface area contributed by atoms with Gasteiger partial charge in [-0.15, -0.1) is 0 Å².